The lowest BCUT2D eigenvalue weighted by atomic mass is 9.95. The lowest BCUT2D eigenvalue weighted by Gasteiger charge is -2.27. The summed E-state index contributed by atoms with van der Waals surface area (Å²) < 4.78 is 21.5. The first kappa shape index (κ1) is 64.9. The molecule has 0 aliphatic heterocycles. The van der Waals surface area contributed by atoms with Crippen molar-refractivity contribution in [2.24, 2.45) is 10.7 Å². The molecule has 0 spiro atoms. The van der Waals surface area contributed by atoms with Crippen LogP contribution in [0.15, 0.2) is 169 Å². The van der Waals surface area contributed by atoms with Crippen molar-refractivity contribution < 1.29 is 62.4 Å². The van der Waals surface area contributed by atoms with Crippen LogP contribution in [-0.2, 0) is 77.4 Å². The van der Waals surface area contributed by atoms with Gasteiger partial charge in [-0.1, -0.05) is 152 Å². The highest BCUT2D eigenvalue weighted by Gasteiger charge is 2.32. The molecule has 4 atom stereocenters. The second kappa shape index (κ2) is 35.0. The van der Waals surface area contributed by atoms with Crippen LogP contribution in [0.5, 0.6) is 5.75 Å². The summed E-state index contributed by atoms with van der Waals surface area (Å²) in [5.74, 6) is -3.63. The number of phenolic OH excluding ortho intramolecular Hbond substituents is 1. The van der Waals surface area contributed by atoms with Crippen LogP contribution in [0.25, 0.3) is 0 Å². The number of phenols is 1. The van der Waals surface area contributed by atoms with Crippen molar-refractivity contribution >= 4 is 54.0 Å². The third-order valence-corrected chi connectivity index (χ3v) is 13.3. The van der Waals surface area contributed by atoms with E-state index in [1.54, 1.807) is 129 Å². The quantitative estimate of drug-likeness (QED) is 0.00978. The Kier molecular flexibility index (Phi) is 26.4. The van der Waals surface area contributed by atoms with Gasteiger partial charge < -0.3 is 61.7 Å². The molecule has 6 aromatic rings. The molecule has 452 valence electrons. The zero-order valence-corrected chi connectivity index (χ0v) is 48.0. The van der Waals surface area contributed by atoms with E-state index in [9.17, 15) is 43.5 Å². The smallest absolute Gasteiger partial charge is 0.437 e. The molecule has 22 nitrogen and oxygen atoms in total. The van der Waals surface area contributed by atoms with Gasteiger partial charge in [0.25, 0.3) is 0 Å². The van der Waals surface area contributed by atoms with E-state index in [1.807, 2.05) is 36.4 Å². The molecule has 0 fully saturated rings. The molecule has 0 radical (unpaired) electrons. The minimum Gasteiger partial charge on any atom is -0.508 e. The summed E-state index contributed by atoms with van der Waals surface area (Å²) in [5.41, 5.74) is 11.1. The van der Waals surface area contributed by atoms with Gasteiger partial charge in [-0.2, -0.15) is 0 Å². The highest BCUT2D eigenvalue weighted by atomic mass is 16.6. The highest BCUT2D eigenvalue weighted by Crippen LogP contribution is 2.23. The summed E-state index contributed by atoms with van der Waals surface area (Å²) in [4.78, 5) is 113. The summed E-state index contributed by atoms with van der Waals surface area (Å²) in [6.07, 6.45) is -3.25. The van der Waals surface area contributed by atoms with E-state index in [4.69, 9.17) is 24.7 Å². The molecule has 0 heterocycles. The number of primary amides is 1. The van der Waals surface area contributed by atoms with Crippen LogP contribution >= 0.6 is 0 Å². The molecule has 2 unspecified atom stereocenters. The Labute approximate surface area is 499 Å². The molecule has 0 saturated heterocycles. The third kappa shape index (κ3) is 23.5. The first-order valence-electron chi connectivity index (χ1n) is 28.0. The number of hydrogen-bond acceptors (Lipinski definition) is 13. The summed E-state index contributed by atoms with van der Waals surface area (Å²) in [6, 6.07) is 42.2. The Morgan fingerprint density at radius 2 is 0.860 bits per heavy atom. The topological polar surface area (TPSA) is 316 Å². The molecular formula is C64H73N9O13. The highest BCUT2D eigenvalue weighted by molar-refractivity contribution is 5.99. The lowest BCUT2D eigenvalue weighted by Crippen LogP contribution is -2.58. The number of amides is 8. The van der Waals surface area contributed by atoms with E-state index in [1.165, 1.54) is 12.1 Å². The normalized spacial score (nSPS) is 12.3. The van der Waals surface area contributed by atoms with Crippen LogP contribution in [0, 0.1) is 13.8 Å². The molecule has 86 heavy (non-hydrogen) atoms. The summed E-state index contributed by atoms with van der Waals surface area (Å²) in [7, 11) is 0. The van der Waals surface area contributed by atoms with Crippen LogP contribution < -0.4 is 43.0 Å². The van der Waals surface area contributed by atoms with Gasteiger partial charge in [0, 0.05) is 25.9 Å². The van der Waals surface area contributed by atoms with Gasteiger partial charge in [0.05, 0.1) is 0 Å². The van der Waals surface area contributed by atoms with E-state index in [-0.39, 0.29) is 89.8 Å². The van der Waals surface area contributed by atoms with Crippen LogP contribution in [-0.4, -0.2) is 96.3 Å². The number of aromatic hydroxyl groups is 1. The average Bonchev–Trinajstić information content (AvgIpc) is 3.63. The number of aryl methyl sites for hydroxylation is 2. The second-order valence-corrected chi connectivity index (χ2v) is 20.0. The van der Waals surface area contributed by atoms with Crippen molar-refractivity contribution in [3.05, 3.63) is 208 Å². The number of aliphatic imine (C=N–C) groups is 1. The van der Waals surface area contributed by atoms with E-state index in [0.29, 0.717) is 45.4 Å². The largest absolute Gasteiger partial charge is 0.508 e. The maximum atomic E-state index is 14.9. The number of nitrogens with one attached hydrogen (secondary N) is 7. The molecule has 0 aliphatic rings. The Morgan fingerprint density at radius 3 is 1.37 bits per heavy atom. The van der Waals surface area contributed by atoms with Crippen molar-refractivity contribution in [3.63, 3.8) is 0 Å². The third-order valence-electron chi connectivity index (χ3n) is 13.3. The van der Waals surface area contributed by atoms with Crippen molar-refractivity contribution in [2.45, 2.75) is 109 Å². The molecule has 8 amide bonds. The summed E-state index contributed by atoms with van der Waals surface area (Å²) in [5, 5.41) is 29.3. The number of benzene rings is 6. The fourth-order valence-corrected chi connectivity index (χ4v) is 8.80. The van der Waals surface area contributed by atoms with Crippen LogP contribution in [0.1, 0.15) is 76.6 Å². The Bertz CT molecular complexity index is 3170. The molecule has 0 aliphatic carbocycles. The van der Waals surface area contributed by atoms with Gasteiger partial charge in [-0.3, -0.25) is 24.5 Å². The second-order valence-electron chi connectivity index (χ2n) is 20.0. The number of unbranched alkanes of at least 4 members (excludes halogenated alkanes) is 1. The number of alkyl carbamates (subject to hydrolysis) is 3. The molecule has 10 N–H and O–H groups in total. The molecule has 6 rings (SSSR count). The van der Waals surface area contributed by atoms with E-state index in [2.05, 4.69) is 42.2 Å². The fourth-order valence-electron chi connectivity index (χ4n) is 8.80. The number of carbonyl (C=O) groups is 8. The zero-order valence-electron chi connectivity index (χ0n) is 48.0. The molecule has 6 aromatic carbocycles. The summed E-state index contributed by atoms with van der Waals surface area (Å²) >= 11 is 0. The predicted octanol–water partition coefficient (Wildman–Crippen LogP) is 7.11. The van der Waals surface area contributed by atoms with Crippen LogP contribution in [0.4, 0.5) is 19.2 Å². The Balaban J connectivity index is 1.21. The Hall–Kier alpha value is -10.3. The van der Waals surface area contributed by atoms with Crippen molar-refractivity contribution in [1.82, 2.24) is 37.2 Å². The van der Waals surface area contributed by atoms with Gasteiger partial charge in [0.15, 0.2) is 0 Å². The van der Waals surface area contributed by atoms with Crippen molar-refractivity contribution in [2.75, 3.05) is 13.1 Å². The van der Waals surface area contributed by atoms with Gasteiger partial charge in [-0.15, -0.1) is 4.99 Å². The van der Waals surface area contributed by atoms with Gasteiger partial charge in [0.2, 0.25) is 29.6 Å². The van der Waals surface area contributed by atoms with E-state index in [0.717, 1.165) is 5.56 Å². The first-order valence-corrected chi connectivity index (χ1v) is 28.0. The van der Waals surface area contributed by atoms with Crippen molar-refractivity contribution in [1.29, 1.82) is 0 Å². The zero-order chi connectivity index (χ0) is 61.5. The monoisotopic (exact) mass is 1180 g/mol. The minimum atomic E-state index is -1.45. The number of guanidine groups is 1. The number of nitrogens with two attached hydrogens (primary N) is 1. The number of hydrogen-bond donors (Lipinski definition) is 9. The van der Waals surface area contributed by atoms with Crippen LogP contribution in [0.3, 0.4) is 0 Å². The van der Waals surface area contributed by atoms with E-state index >= 15 is 0 Å². The predicted molar refractivity (Wildman–Crippen MR) is 320 cm³/mol. The average molecular weight is 1180 g/mol. The van der Waals surface area contributed by atoms with Gasteiger partial charge in [-0.25, -0.2) is 19.2 Å². The fraction of sp³-hybridized carbons (Fsp3) is 0.297. The van der Waals surface area contributed by atoms with Gasteiger partial charge in [0.1, 0.15) is 56.3 Å². The van der Waals surface area contributed by atoms with E-state index < -0.39 is 72.2 Å². The minimum absolute atomic E-state index is 0.00680. The maximum absolute atomic E-state index is 14.9. The number of ether oxygens (including phenoxy) is 4. The lowest BCUT2D eigenvalue weighted by molar-refractivity contribution is -0.133. The molecule has 0 aromatic heterocycles. The first-order chi connectivity index (χ1) is 41.6. The number of nitrogens with zero attached hydrogens (tertiary/aromatic N) is 1. The number of rotatable bonds is 29. The van der Waals surface area contributed by atoms with Crippen molar-refractivity contribution in [3.8, 4) is 5.75 Å². The Morgan fingerprint density at radius 1 is 0.453 bits per heavy atom. The molecule has 0 bridgehead atoms. The molecule has 22 heteroatoms. The standard InChI is InChI=1S/C64H73N9O13/c1-43-35-50(74)36-44(2)51(43)38-55(59(78)68-52(57(76)69-54(56(65)75)37-45-21-8-3-9-22-45)31-18-19-33-67-61(79)83-39-46-23-10-4-11-24-46)70-58(77)53(71-62(80)84-40-47-25-12-5-13-26-47)32-20-34-66-60(72-63(81)85-41-48-27-14-6-15-28-48)73-64(82)86-42-49-29-16-7-17-30-49/h3-17,21-30,35-36,52-55,74H,18-20,31-34,37-42H2,1-2H3,(H2,65,75)(H,67,79)(H,68,78)(H,69,76)(H,70,77)(H,71,80)(H2,66,72,73,81,82)/t52-,53?,54-,55?/m0/s1. The molecule has 0 saturated carbocycles. The van der Waals surface area contributed by atoms with Gasteiger partial charge >= 0.3 is 24.4 Å². The maximum Gasteiger partial charge on any atom is 0.437 e. The SMILES string of the molecule is Cc1cc(O)cc(C)c1CC(NC(=O)C(CCCN/C(=N\C(=O)OCc1ccccc1)NC(=O)OCc1ccccc1)NC(=O)OCc1ccccc1)C(=O)N[C@@H](CCCCNC(=O)OCc1ccccc1)C(=O)N[C@@H](Cc1ccccc1)C(N)=O. The number of carbonyl (C=O) groups excluding carboxylic acids is 8. The summed E-state index contributed by atoms with van der Waals surface area (Å²) in [6.45, 7) is 3.20. The molecular weight excluding hydrogens is 1100 g/mol. The van der Waals surface area contributed by atoms with Gasteiger partial charge in [-0.05, 0) is 103 Å². The van der Waals surface area contributed by atoms with Crippen LogP contribution in [0.2, 0.25) is 0 Å².